The van der Waals surface area contributed by atoms with E-state index in [1.54, 1.807) is 0 Å². The molecular weight excluding hydrogens is 252 g/mol. The van der Waals surface area contributed by atoms with Gasteiger partial charge < -0.3 is 9.47 Å². The predicted octanol–water partition coefficient (Wildman–Crippen LogP) is 3.76. The summed E-state index contributed by atoms with van der Waals surface area (Å²) in [4.78, 5) is 12.0. The number of rotatable bonds is 5. The van der Waals surface area contributed by atoms with Gasteiger partial charge in [0, 0.05) is 12.0 Å². The van der Waals surface area contributed by atoms with E-state index in [1.165, 1.54) is 38.5 Å². The molecule has 0 heterocycles. The van der Waals surface area contributed by atoms with E-state index in [-0.39, 0.29) is 23.6 Å². The number of hydrogen-bond acceptors (Lipinski definition) is 3. The summed E-state index contributed by atoms with van der Waals surface area (Å²) in [6.07, 6.45) is 7.50. The Bertz CT molecular complexity index is 339. The molecule has 1 unspecified atom stereocenters. The minimum atomic E-state index is -0.309. The zero-order valence-corrected chi connectivity index (χ0v) is 13.1. The first kappa shape index (κ1) is 14.4. The van der Waals surface area contributed by atoms with E-state index >= 15 is 0 Å². The van der Waals surface area contributed by atoms with Crippen LogP contribution in [0, 0.1) is 29.1 Å². The molecule has 4 aliphatic rings. The first-order valence-electron chi connectivity index (χ1n) is 8.34. The minimum Gasteiger partial charge on any atom is -0.435 e. The van der Waals surface area contributed by atoms with Crippen LogP contribution in [0.2, 0.25) is 0 Å². The third-order valence-corrected chi connectivity index (χ3v) is 5.60. The van der Waals surface area contributed by atoms with Gasteiger partial charge in [0.05, 0.1) is 5.92 Å². The van der Waals surface area contributed by atoms with Gasteiger partial charge in [0.2, 0.25) is 6.29 Å². The number of esters is 1. The van der Waals surface area contributed by atoms with Crippen LogP contribution in [0.25, 0.3) is 0 Å². The van der Waals surface area contributed by atoms with Crippen molar-refractivity contribution < 1.29 is 14.3 Å². The maximum Gasteiger partial charge on any atom is 0.310 e. The van der Waals surface area contributed by atoms with E-state index in [1.807, 2.05) is 20.8 Å². The molecule has 4 aliphatic carbocycles. The molecule has 4 bridgehead atoms. The lowest BCUT2D eigenvalue weighted by molar-refractivity contribution is -0.245. The van der Waals surface area contributed by atoms with Crippen LogP contribution < -0.4 is 0 Å². The molecule has 3 nitrogen and oxygen atoms in total. The molecule has 0 aromatic carbocycles. The van der Waals surface area contributed by atoms with Crippen molar-refractivity contribution in [2.24, 2.45) is 29.1 Å². The highest BCUT2D eigenvalue weighted by molar-refractivity contribution is 5.71. The van der Waals surface area contributed by atoms with Gasteiger partial charge in [-0.1, -0.05) is 13.8 Å². The highest BCUT2D eigenvalue weighted by atomic mass is 16.7. The SMILES string of the molecule is CCOC(OC(=O)C(C)C)C12CC3CC(CC(C3)C1)C2. The summed E-state index contributed by atoms with van der Waals surface area (Å²) in [5.41, 5.74) is 0.120. The van der Waals surface area contributed by atoms with E-state index in [9.17, 15) is 4.79 Å². The summed E-state index contributed by atoms with van der Waals surface area (Å²) < 4.78 is 11.7. The zero-order chi connectivity index (χ0) is 14.3. The second kappa shape index (κ2) is 5.32. The average molecular weight is 280 g/mol. The molecule has 4 fully saturated rings. The van der Waals surface area contributed by atoms with Crippen LogP contribution in [-0.4, -0.2) is 18.9 Å². The van der Waals surface area contributed by atoms with Gasteiger partial charge >= 0.3 is 5.97 Å². The second-order valence-corrected chi connectivity index (χ2v) is 7.66. The molecular formula is C17H28O3. The van der Waals surface area contributed by atoms with Gasteiger partial charge in [-0.2, -0.15) is 0 Å². The normalized spacial score (nSPS) is 40.1. The molecule has 0 saturated heterocycles. The lowest BCUT2D eigenvalue weighted by Gasteiger charge is -2.58. The van der Waals surface area contributed by atoms with Gasteiger partial charge in [-0.15, -0.1) is 0 Å². The van der Waals surface area contributed by atoms with Crippen LogP contribution in [0.1, 0.15) is 59.3 Å². The van der Waals surface area contributed by atoms with E-state index in [4.69, 9.17) is 9.47 Å². The number of ether oxygens (including phenoxy) is 2. The van der Waals surface area contributed by atoms with Crippen molar-refractivity contribution in [3.05, 3.63) is 0 Å². The number of carbonyl (C=O) groups excluding carboxylic acids is 1. The molecule has 4 saturated carbocycles. The first-order chi connectivity index (χ1) is 9.52. The monoisotopic (exact) mass is 280 g/mol. The van der Waals surface area contributed by atoms with Crippen molar-refractivity contribution in [2.45, 2.75) is 65.6 Å². The van der Waals surface area contributed by atoms with Crippen LogP contribution in [0.3, 0.4) is 0 Å². The number of carbonyl (C=O) groups is 1. The molecule has 0 aromatic heterocycles. The van der Waals surface area contributed by atoms with Gasteiger partial charge in [-0.3, -0.25) is 4.79 Å². The molecule has 0 aromatic rings. The molecule has 4 rings (SSSR count). The Hall–Kier alpha value is -0.570. The van der Waals surface area contributed by atoms with Gasteiger partial charge in [0.15, 0.2) is 0 Å². The fraction of sp³-hybridized carbons (Fsp3) is 0.941. The molecule has 0 N–H and O–H groups in total. The van der Waals surface area contributed by atoms with Crippen molar-refractivity contribution in [1.82, 2.24) is 0 Å². The lowest BCUT2D eigenvalue weighted by Crippen LogP contribution is -2.53. The van der Waals surface area contributed by atoms with Crippen LogP contribution in [0.15, 0.2) is 0 Å². The fourth-order valence-corrected chi connectivity index (χ4v) is 5.20. The van der Waals surface area contributed by atoms with Gasteiger partial charge in [0.25, 0.3) is 0 Å². The zero-order valence-electron chi connectivity index (χ0n) is 13.1. The minimum absolute atomic E-state index is 0.0770. The van der Waals surface area contributed by atoms with Crippen molar-refractivity contribution in [2.75, 3.05) is 6.61 Å². The van der Waals surface area contributed by atoms with Crippen LogP contribution >= 0.6 is 0 Å². The smallest absolute Gasteiger partial charge is 0.310 e. The summed E-state index contributed by atoms with van der Waals surface area (Å²) in [7, 11) is 0. The Morgan fingerprint density at radius 3 is 2.00 bits per heavy atom. The number of hydrogen-bond donors (Lipinski definition) is 0. The Kier molecular flexibility index (Phi) is 3.83. The largest absolute Gasteiger partial charge is 0.435 e. The van der Waals surface area contributed by atoms with Gasteiger partial charge in [-0.05, 0) is 63.2 Å². The summed E-state index contributed by atoms with van der Waals surface area (Å²) >= 11 is 0. The van der Waals surface area contributed by atoms with Gasteiger partial charge in [0.1, 0.15) is 0 Å². The summed E-state index contributed by atoms with van der Waals surface area (Å²) in [5, 5.41) is 0. The standard InChI is InChI=1S/C17H28O3/c1-4-19-16(20-15(18)11(2)3)17-8-12-5-13(9-17)7-14(6-12)10-17/h11-14,16H,4-10H2,1-3H3. The van der Waals surface area contributed by atoms with Crippen molar-refractivity contribution in [3.63, 3.8) is 0 Å². The molecule has 1 atom stereocenters. The van der Waals surface area contributed by atoms with Crippen molar-refractivity contribution in [3.8, 4) is 0 Å². The molecule has 20 heavy (non-hydrogen) atoms. The summed E-state index contributed by atoms with van der Waals surface area (Å²) in [5.74, 6) is 2.36. The second-order valence-electron chi connectivity index (χ2n) is 7.66. The quantitative estimate of drug-likeness (QED) is 0.568. The van der Waals surface area contributed by atoms with Crippen molar-refractivity contribution in [1.29, 1.82) is 0 Å². The van der Waals surface area contributed by atoms with Gasteiger partial charge in [-0.25, -0.2) is 0 Å². The Balaban J connectivity index is 1.78. The molecule has 3 heteroatoms. The lowest BCUT2D eigenvalue weighted by atomic mass is 9.49. The Morgan fingerprint density at radius 1 is 1.10 bits per heavy atom. The maximum atomic E-state index is 12.0. The Morgan fingerprint density at radius 2 is 1.60 bits per heavy atom. The van der Waals surface area contributed by atoms with Crippen LogP contribution in [0.4, 0.5) is 0 Å². The van der Waals surface area contributed by atoms with Crippen LogP contribution in [-0.2, 0) is 14.3 Å². The maximum absolute atomic E-state index is 12.0. The third kappa shape index (κ3) is 2.49. The molecule has 0 aliphatic heterocycles. The molecule has 0 amide bonds. The summed E-state index contributed by atoms with van der Waals surface area (Å²) in [6, 6.07) is 0. The molecule has 0 spiro atoms. The topological polar surface area (TPSA) is 35.5 Å². The van der Waals surface area contributed by atoms with E-state index < -0.39 is 0 Å². The van der Waals surface area contributed by atoms with Crippen LogP contribution in [0.5, 0.6) is 0 Å². The van der Waals surface area contributed by atoms with E-state index in [0.29, 0.717) is 6.61 Å². The average Bonchev–Trinajstić information content (AvgIpc) is 2.36. The molecule has 114 valence electrons. The highest BCUT2D eigenvalue weighted by Crippen LogP contribution is 2.61. The first-order valence-corrected chi connectivity index (χ1v) is 8.34. The van der Waals surface area contributed by atoms with Crippen molar-refractivity contribution >= 4 is 5.97 Å². The fourth-order valence-electron chi connectivity index (χ4n) is 5.20. The van der Waals surface area contributed by atoms with E-state index in [2.05, 4.69) is 0 Å². The Labute approximate surface area is 122 Å². The molecule has 0 radical (unpaired) electrons. The predicted molar refractivity (Wildman–Crippen MR) is 76.9 cm³/mol. The summed E-state index contributed by atoms with van der Waals surface area (Å²) in [6.45, 7) is 6.41. The highest BCUT2D eigenvalue weighted by Gasteiger charge is 2.56. The third-order valence-electron chi connectivity index (χ3n) is 5.60. The van der Waals surface area contributed by atoms with E-state index in [0.717, 1.165) is 17.8 Å².